The molecule has 0 bridgehead atoms. The maximum atomic E-state index is 12.1. The quantitative estimate of drug-likeness (QED) is 0.859. The summed E-state index contributed by atoms with van der Waals surface area (Å²) < 4.78 is 16.1. The second-order valence-electron chi connectivity index (χ2n) is 5.01. The highest BCUT2D eigenvalue weighted by Crippen LogP contribution is 2.24. The van der Waals surface area contributed by atoms with E-state index in [1.54, 1.807) is 0 Å². The van der Waals surface area contributed by atoms with Crippen molar-refractivity contribution in [1.29, 1.82) is 0 Å². The molecule has 20 heavy (non-hydrogen) atoms. The lowest BCUT2D eigenvalue weighted by Crippen LogP contribution is -2.25. The number of benzene rings is 2. The zero-order valence-corrected chi connectivity index (χ0v) is 11.9. The summed E-state index contributed by atoms with van der Waals surface area (Å²) in [6.07, 6.45) is 0.790. The molecular formula is C16H16N2OS. The Morgan fingerprint density at radius 3 is 2.65 bits per heavy atom. The van der Waals surface area contributed by atoms with Crippen LogP contribution in [0.5, 0.6) is 0 Å². The molecule has 4 heteroatoms. The van der Waals surface area contributed by atoms with E-state index in [4.69, 9.17) is 5.73 Å². The summed E-state index contributed by atoms with van der Waals surface area (Å²) in [5.41, 5.74) is 10.2. The predicted octanol–water partition coefficient (Wildman–Crippen LogP) is 2.13. The van der Waals surface area contributed by atoms with Gasteiger partial charge in [-0.05, 0) is 29.0 Å². The number of nitrogens with zero attached hydrogens (tertiary/aromatic N) is 1. The van der Waals surface area contributed by atoms with Gasteiger partial charge in [-0.25, -0.2) is 4.21 Å². The summed E-state index contributed by atoms with van der Waals surface area (Å²) in [5.74, 6) is 4.36. The lowest BCUT2D eigenvalue weighted by atomic mass is 9.95. The Labute approximate surface area is 119 Å². The molecule has 0 radical (unpaired) electrons. The topological polar surface area (TPSA) is 55.5 Å². The highest BCUT2D eigenvalue weighted by atomic mass is 32.2. The van der Waals surface area contributed by atoms with Gasteiger partial charge in [0.05, 0.1) is 15.5 Å². The van der Waals surface area contributed by atoms with Crippen molar-refractivity contribution >= 4 is 21.4 Å². The number of rotatable bonds is 2. The Morgan fingerprint density at radius 1 is 1.15 bits per heavy atom. The predicted molar refractivity (Wildman–Crippen MR) is 85.4 cm³/mol. The Kier molecular flexibility index (Phi) is 3.10. The van der Waals surface area contributed by atoms with Crippen LogP contribution < -0.4 is 5.73 Å². The molecule has 2 aromatic carbocycles. The summed E-state index contributed by atoms with van der Waals surface area (Å²) in [5, 5.41) is 0. The minimum Gasteiger partial charge on any atom is -0.383 e. The van der Waals surface area contributed by atoms with E-state index in [0.29, 0.717) is 11.6 Å². The van der Waals surface area contributed by atoms with Gasteiger partial charge in [-0.15, -0.1) is 0 Å². The van der Waals surface area contributed by atoms with Crippen LogP contribution in [0.3, 0.4) is 0 Å². The van der Waals surface area contributed by atoms with Crippen LogP contribution in [0.4, 0.5) is 0 Å². The van der Waals surface area contributed by atoms with Gasteiger partial charge in [-0.2, -0.15) is 4.40 Å². The van der Waals surface area contributed by atoms with Crippen LogP contribution in [0.2, 0.25) is 0 Å². The van der Waals surface area contributed by atoms with Crippen molar-refractivity contribution in [1.82, 2.24) is 0 Å². The molecule has 0 aliphatic carbocycles. The number of hydrogen-bond acceptors (Lipinski definition) is 2. The highest BCUT2D eigenvalue weighted by Gasteiger charge is 2.20. The molecule has 3 nitrogen and oxygen atoms in total. The van der Waals surface area contributed by atoms with Crippen LogP contribution in [0.25, 0.3) is 0 Å². The summed E-state index contributed by atoms with van der Waals surface area (Å²) in [6, 6.07) is 16.2. The van der Waals surface area contributed by atoms with Crippen LogP contribution in [-0.2, 0) is 21.9 Å². The van der Waals surface area contributed by atoms with Gasteiger partial charge in [0, 0.05) is 5.56 Å². The SMILES string of the molecule is C=S1(=O)Cc2cccc(Cc3ccccc3)c2C(N)=N1. The molecule has 0 spiro atoms. The summed E-state index contributed by atoms with van der Waals surface area (Å²) >= 11 is 0. The van der Waals surface area contributed by atoms with E-state index >= 15 is 0 Å². The van der Waals surface area contributed by atoms with Gasteiger partial charge in [-0.3, -0.25) is 0 Å². The Bertz CT molecular complexity index is 777. The first-order valence-corrected chi connectivity index (χ1v) is 8.26. The van der Waals surface area contributed by atoms with E-state index in [1.807, 2.05) is 36.4 Å². The van der Waals surface area contributed by atoms with Crippen molar-refractivity contribution in [2.24, 2.45) is 10.1 Å². The number of hydrogen-bond donors (Lipinski definition) is 1. The molecule has 3 rings (SSSR count). The highest BCUT2D eigenvalue weighted by molar-refractivity contribution is 7.98. The van der Waals surface area contributed by atoms with Crippen molar-refractivity contribution in [2.75, 3.05) is 0 Å². The fourth-order valence-electron chi connectivity index (χ4n) is 2.57. The Morgan fingerprint density at radius 2 is 1.90 bits per heavy atom. The lowest BCUT2D eigenvalue weighted by molar-refractivity contribution is 0.681. The molecule has 2 N–H and O–H groups in total. The molecule has 0 amide bonds. The lowest BCUT2D eigenvalue weighted by Gasteiger charge is -2.20. The van der Waals surface area contributed by atoms with Gasteiger partial charge >= 0.3 is 0 Å². The fraction of sp³-hybridized carbons (Fsp3) is 0.125. The molecule has 102 valence electrons. The van der Waals surface area contributed by atoms with Crippen LogP contribution in [-0.4, -0.2) is 15.9 Å². The summed E-state index contributed by atoms with van der Waals surface area (Å²) in [6.45, 7) is 0. The van der Waals surface area contributed by atoms with Gasteiger partial charge < -0.3 is 5.73 Å². The van der Waals surface area contributed by atoms with E-state index in [0.717, 1.165) is 23.1 Å². The maximum absolute atomic E-state index is 12.1. The first-order valence-electron chi connectivity index (χ1n) is 6.40. The van der Waals surface area contributed by atoms with Gasteiger partial charge in [0.1, 0.15) is 5.84 Å². The number of fused-ring (bicyclic) bond motifs is 1. The molecule has 0 fully saturated rings. The van der Waals surface area contributed by atoms with Crippen molar-refractivity contribution in [2.45, 2.75) is 12.2 Å². The van der Waals surface area contributed by atoms with Gasteiger partial charge in [0.25, 0.3) is 0 Å². The first-order chi connectivity index (χ1) is 9.55. The fourth-order valence-corrected chi connectivity index (χ4v) is 3.81. The molecule has 0 saturated heterocycles. The number of nitrogens with two attached hydrogens (primary N) is 1. The average molecular weight is 284 g/mol. The molecule has 0 aromatic heterocycles. The third-order valence-electron chi connectivity index (χ3n) is 3.38. The zero-order chi connectivity index (χ0) is 14.2. The minimum atomic E-state index is -2.47. The van der Waals surface area contributed by atoms with Gasteiger partial charge in [0.2, 0.25) is 0 Å². The molecule has 1 aliphatic heterocycles. The largest absolute Gasteiger partial charge is 0.383 e. The van der Waals surface area contributed by atoms with E-state index in [1.165, 1.54) is 5.56 Å². The van der Waals surface area contributed by atoms with E-state index < -0.39 is 9.71 Å². The Balaban J connectivity index is 2.07. The molecule has 1 heterocycles. The van der Waals surface area contributed by atoms with E-state index in [2.05, 4.69) is 22.4 Å². The summed E-state index contributed by atoms with van der Waals surface area (Å²) in [4.78, 5) is 0. The second kappa shape index (κ2) is 4.80. The normalized spacial score (nSPS) is 21.1. The molecule has 2 aromatic rings. The van der Waals surface area contributed by atoms with Crippen molar-refractivity contribution in [3.05, 3.63) is 70.8 Å². The monoisotopic (exact) mass is 284 g/mol. The van der Waals surface area contributed by atoms with Crippen LogP contribution >= 0.6 is 0 Å². The molecular weight excluding hydrogens is 268 g/mol. The Hall–Kier alpha value is -2.07. The average Bonchev–Trinajstić information content (AvgIpc) is 2.38. The van der Waals surface area contributed by atoms with Crippen LogP contribution in [0, 0.1) is 0 Å². The molecule has 1 aliphatic rings. The van der Waals surface area contributed by atoms with E-state index in [-0.39, 0.29) is 0 Å². The van der Waals surface area contributed by atoms with Crippen molar-refractivity contribution in [3.8, 4) is 0 Å². The number of amidine groups is 1. The van der Waals surface area contributed by atoms with E-state index in [9.17, 15) is 4.21 Å². The van der Waals surface area contributed by atoms with Crippen LogP contribution in [0.15, 0.2) is 52.9 Å². The molecule has 1 unspecified atom stereocenters. The maximum Gasteiger partial charge on any atom is 0.141 e. The molecule has 0 saturated carbocycles. The third-order valence-corrected chi connectivity index (χ3v) is 4.67. The van der Waals surface area contributed by atoms with Crippen molar-refractivity contribution in [3.63, 3.8) is 0 Å². The molecule has 1 atom stereocenters. The first kappa shape index (κ1) is 12.9. The minimum absolute atomic E-state index is 0.345. The van der Waals surface area contributed by atoms with Crippen LogP contribution in [0.1, 0.15) is 22.3 Å². The summed E-state index contributed by atoms with van der Waals surface area (Å²) in [7, 11) is -2.47. The van der Waals surface area contributed by atoms with Crippen molar-refractivity contribution < 1.29 is 4.21 Å². The second-order valence-corrected chi connectivity index (χ2v) is 7.02. The standard InChI is InChI=1S/C16H16N2OS/c1-20(19)11-14-9-5-8-13(15(14)16(17)18-20)10-12-6-3-2-4-7-12/h2-9H,1,10-11H2,(H2,17,18,19). The van der Waals surface area contributed by atoms with Gasteiger partial charge in [-0.1, -0.05) is 48.5 Å². The zero-order valence-electron chi connectivity index (χ0n) is 11.1. The third kappa shape index (κ3) is 2.47. The van der Waals surface area contributed by atoms with Gasteiger partial charge in [0.15, 0.2) is 0 Å². The smallest absolute Gasteiger partial charge is 0.141 e.